The summed E-state index contributed by atoms with van der Waals surface area (Å²) in [6.07, 6.45) is 0. The first-order valence-corrected chi connectivity index (χ1v) is 7.82. The monoisotopic (exact) mass is 322 g/mol. The fraction of sp³-hybridized carbons (Fsp3) is 0.538. The van der Waals surface area contributed by atoms with E-state index in [0.29, 0.717) is 18.3 Å². The van der Waals surface area contributed by atoms with Gasteiger partial charge in [0.25, 0.3) is 0 Å². The number of methoxy groups -OCH3 is 1. The van der Waals surface area contributed by atoms with Crippen LogP contribution in [0, 0.1) is 6.92 Å². The molecule has 0 aliphatic carbocycles. The van der Waals surface area contributed by atoms with E-state index in [2.05, 4.69) is 31.6 Å². The smallest absolute Gasteiger partial charge is 0.240 e. The van der Waals surface area contributed by atoms with Crippen LogP contribution in [0.3, 0.4) is 0 Å². The van der Waals surface area contributed by atoms with Gasteiger partial charge in [-0.15, -0.1) is 10.2 Å². The van der Waals surface area contributed by atoms with Crippen LogP contribution in [0.4, 0.5) is 5.13 Å². The van der Waals surface area contributed by atoms with Crippen molar-refractivity contribution in [2.45, 2.75) is 26.6 Å². The molecule has 118 valence electrons. The molecule has 1 aliphatic rings. The van der Waals surface area contributed by atoms with Gasteiger partial charge in [0, 0.05) is 20.2 Å². The fourth-order valence-corrected chi connectivity index (χ4v) is 3.18. The molecule has 3 rings (SSSR count). The van der Waals surface area contributed by atoms with Crippen molar-refractivity contribution in [1.29, 1.82) is 0 Å². The van der Waals surface area contributed by atoms with E-state index in [1.807, 2.05) is 11.6 Å². The highest BCUT2D eigenvalue weighted by atomic mass is 32.1. The zero-order valence-electron chi connectivity index (χ0n) is 12.6. The quantitative estimate of drug-likeness (QED) is 0.870. The van der Waals surface area contributed by atoms with E-state index in [1.54, 1.807) is 7.11 Å². The average Bonchev–Trinajstić information content (AvgIpc) is 3.04. The van der Waals surface area contributed by atoms with Crippen LogP contribution in [0.1, 0.15) is 16.4 Å². The van der Waals surface area contributed by atoms with Gasteiger partial charge in [0.2, 0.25) is 11.0 Å². The third kappa shape index (κ3) is 3.49. The summed E-state index contributed by atoms with van der Waals surface area (Å²) in [7, 11) is 1.60. The number of fused-ring (bicyclic) bond motifs is 1. The Balaban J connectivity index is 1.53. The molecular weight excluding hydrogens is 304 g/mol. The Bertz CT molecular complexity index is 667. The standard InChI is InChI=1S/C13H18N6O2S/c1-9-5-10-6-18(3-4-19(10)17-9)7-11(20)14-13-16-15-12(22-13)8-21-2/h5H,3-4,6-8H2,1-2H3,(H,14,16,20). The van der Waals surface area contributed by atoms with E-state index in [0.717, 1.165) is 36.0 Å². The number of ether oxygens (including phenoxy) is 1. The zero-order valence-corrected chi connectivity index (χ0v) is 13.4. The summed E-state index contributed by atoms with van der Waals surface area (Å²) in [6, 6.07) is 2.06. The molecule has 0 spiro atoms. The van der Waals surface area contributed by atoms with Crippen molar-refractivity contribution in [2.24, 2.45) is 0 Å². The largest absolute Gasteiger partial charge is 0.377 e. The number of hydrogen-bond donors (Lipinski definition) is 1. The maximum atomic E-state index is 12.1. The van der Waals surface area contributed by atoms with Crippen LogP contribution in [-0.4, -0.2) is 51.0 Å². The number of anilines is 1. The van der Waals surface area contributed by atoms with Crippen LogP contribution < -0.4 is 5.32 Å². The molecule has 0 unspecified atom stereocenters. The van der Waals surface area contributed by atoms with Crippen molar-refractivity contribution in [2.75, 3.05) is 25.5 Å². The predicted octanol–water partition coefficient (Wildman–Crippen LogP) is 0.644. The van der Waals surface area contributed by atoms with Crippen LogP contribution in [-0.2, 0) is 29.2 Å². The molecule has 0 bridgehead atoms. The van der Waals surface area contributed by atoms with Gasteiger partial charge in [-0.2, -0.15) is 5.10 Å². The SMILES string of the molecule is COCc1nnc(NC(=O)CN2CCn3nc(C)cc3C2)s1. The third-order valence-electron chi connectivity index (χ3n) is 3.35. The lowest BCUT2D eigenvalue weighted by Crippen LogP contribution is -2.39. The number of hydrogen-bond acceptors (Lipinski definition) is 7. The molecule has 1 amide bonds. The van der Waals surface area contributed by atoms with E-state index in [4.69, 9.17) is 4.74 Å². The molecule has 8 nitrogen and oxygen atoms in total. The molecule has 0 saturated carbocycles. The minimum atomic E-state index is -0.0789. The maximum absolute atomic E-state index is 12.1. The minimum absolute atomic E-state index is 0.0789. The van der Waals surface area contributed by atoms with Gasteiger partial charge in [-0.25, -0.2) is 0 Å². The molecule has 0 radical (unpaired) electrons. The van der Waals surface area contributed by atoms with Gasteiger partial charge in [0.15, 0.2) is 0 Å². The van der Waals surface area contributed by atoms with Gasteiger partial charge in [-0.1, -0.05) is 11.3 Å². The highest BCUT2D eigenvalue weighted by molar-refractivity contribution is 7.15. The van der Waals surface area contributed by atoms with Crippen LogP contribution in [0.25, 0.3) is 0 Å². The topological polar surface area (TPSA) is 85.2 Å². The molecule has 1 aliphatic heterocycles. The number of aromatic nitrogens is 4. The Kier molecular flexibility index (Phi) is 4.46. The van der Waals surface area contributed by atoms with Gasteiger partial charge in [0.05, 0.1) is 24.5 Å². The summed E-state index contributed by atoms with van der Waals surface area (Å²) < 4.78 is 6.99. The van der Waals surface area contributed by atoms with Crippen molar-refractivity contribution >= 4 is 22.4 Å². The number of rotatable bonds is 5. The summed E-state index contributed by atoms with van der Waals surface area (Å²) in [5.74, 6) is -0.0789. The first-order chi connectivity index (χ1) is 10.6. The second-order valence-corrected chi connectivity index (χ2v) is 6.26. The van der Waals surface area contributed by atoms with Crippen molar-refractivity contribution in [1.82, 2.24) is 24.9 Å². The second kappa shape index (κ2) is 6.51. The first-order valence-electron chi connectivity index (χ1n) is 7.01. The van der Waals surface area contributed by atoms with Gasteiger partial charge in [-0.3, -0.25) is 19.7 Å². The molecule has 0 aromatic carbocycles. The predicted molar refractivity (Wildman–Crippen MR) is 81.5 cm³/mol. The number of nitrogens with one attached hydrogen (secondary N) is 1. The lowest BCUT2D eigenvalue weighted by molar-refractivity contribution is -0.117. The molecular formula is C13H18N6O2S. The van der Waals surface area contributed by atoms with E-state index < -0.39 is 0 Å². The lowest BCUT2D eigenvalue weighted by Gasteiger charge is -2.26. The molecule has 0 saturated heterocycles. The molecule has 22 heavy (non-hydrogen) atoms. The van der Waals surface area contributed by atoms with Gasteiger partial charge in [-0.05, 0) is 13.0 Å². The fourth-order valence-electron chi connectivity index (χ4n) is 2.45. The Hall–Kier alpha value is -1.84. The Labute approximate surface area is 132 Å². The van der Waals surface area contributed by atoms with Gasteiger partial charge < -0.3 is 4.74 Å². The molecule has 1 N–H and O–H groups in total. The van der Waals surface area contributed by atoms with Crippen LogP contribution in [0.5, 0.6) is 0 Å². The summed E-state index contributed by atoms with van der Waals surface area (Å²) in [5.41, 5.74) is 2.16. The summed E-state index contributed by atoms with van der Waals surface area (Å²) in [5, 5.41) is 16.3. The Morgan fingerprint density at radius 3 is 3.14 bits per heavy atom. The molecule has 3 heterocycles. The molecule has 0 fully saturated rings. The highest BCUT2D eigenvalue weighted by Gasteiger charge is 2.20. The lowest BCUT2D eigenvalue weighted by atomic mass is 10.3. The summed E-state index contributed by atoms with van der Waals surface area (Å²) >= 11 is 1.33. The van der Waals surface area contributed by atoms with E-state index in [9.17, 15) is 4.79 Å². The Morgan fingerprint density at radius 1 is 1.45 bits per heavy atom. The van der Waals surface area contributed by atoms with Crippen molar-refractivity contribution < 1.29 is 9.53 Å². The second-order valence-electron chi connectivity index (χ2n) is 5.19. The summed E-state index contributed by atoms with van der Waals surface area (Å²) in [6.45, 7) is 5.08. The first kappa shape index (κ1) is 15.1. The van der Waals surface area contributed by atoms with Gasteiger partial charge in [0.1, 0.15) is 11.6 Å². The molecule has 0 atom stereocenters. The van der Waals surface area contributed by atoms with Crippen LogP contribution >= 0.6 is 11.3 Å². The number of carbonyl (C=O) groups is 1. The van der Waals surface area contributed by atoms with Crippen LogP contribution in [0.2, 0.25) is 0 Å². The highest BCUT2D eigenvalue weighted by Crippen LogP contribution is 2.16. The molecule has 2 aromatic rings. The number of nitrogens with zero attached hydrogens (tertiary/aromatic N) is 5. The van der Waals surface area contributed by atoms with Crippen LogP contribution in [0.15, 0.2) is 6.07 Å². The number of aryl methyl sites for hydroxylation is 1. The normalized spacial score (nSPS) is 14.8. The Morgan fingerprint density at radius 2 is 2.32 bits per heavy atom. The average molecular weight is 322 g/mol. The van der Waals surface area contributed by atoms with E-state index >= 15 is 0 Å². The van der Waals surface area contributed by atoms with Crippen molar-refractivity contribution in [3.8, 4) is 0 Å². The molecule has 9 heteroatoms. The molecule has 2 aromatic heterocycles. The third-order valence-corrected chi connectivity index (χ3v) is 4.16. The number of amides is 1. The van der Waals surface area contributed by atoms with Gasteiger partial charge >= 0.3 is 0 Å². The van der Waals surface area contributed by atoms with Crippen molar-refractivity contribution in [3.63, 3.8) is 0 Å². The number of carbonyl (C=O) groups excluding carboxylic acids is 1. The maximum Gasteiger partial charge on any atom is 0.240 e. The minimum Gasteiger partial charge on any atom is -0.377 e. The van der Waals surface area contributed by atoms with Crippen molar-refractivity contribution in [3.05, 3.63) is 22.5 Å². The van der Waals surface area contributed by atoms with E-state index in [1.165, 1.54) is 11.3 Å². The summed E-state index contributed by atoms with van der Waals surface area (Å²) in [4.78, 5) is 14.2. The van der Waals surface area contributed by atoms with E-state index in [-0.39, 0.29) is 5.91 Å². The zero-order chi connectivity index (χ0) is 15.5.